The minimum Gasteiger partial charge on any atom is -0.368 e. The van der Waals surface area contributed by atoms with E-state index in [1.807, 2.05) is 18.5 Å². The molecule has 3 N–H and O–H groups in total. The number of nitrogens with two attached hydrogens (primary N) is 1. The van der Waals surface area contributed by atoms with Crippen molar-refractivity contribution in [3.8, 4) is 0 Å². The van der Waals surface area contributed by atoms with E-state index >= 15 is 0 Å². The summed E-state index contributed by atoms with van der Waals surface area (Å²) in [7, 11) is 1.91. The molecule has 1 saturated carbocycles. The average Bonchev–Trinajstić information content (AvgIpc) is 3.02. The summed E-state index contributed by atoms with van der Waals surface area (Å²) in [6.45, 7) is 3.97. The number of amides is 1. The standard InChI is InChI=1S/C12H21N5OS/c1-8(19-11-16-14-7-17(11)3)6-12(2,10(13)18)15-9-4-5-9/h7-9,15H,4-6H2,1-3H3,(H2,13,18). The molecule has 7 heteroatoms. The molecule has 1 aliphatic carbocycles. The van der Waals surface area contributed by atoms with E-state index in [4.69, 9.17) is 5.73 Å². The first-order valence-electron chi connectivity index (χ1n) is 6.49. The molecule has 19 heavy (non-hydrogen) atoms. The Balaban J connectivity index is 1.96. The Hall–Kier alpha value is -1.08. The number of hydrogen-bond donors (Lipinski definition) is 2. The lowest BCUT2D eigenvalue weighted by molar-refractivity contribution is -0.124. The zero-order valence-corrected chi connectivity index (χ0v) is 12.4. The van der Waals surface area contributed by atoms with Crippen LogP contribution in [-0.4, -0.2) is 37.5 Å². The molecule has 0 saturated heterocycles. The molecule has 1 fully saturated rings. The summed E-state index contributed by atoms with van der Waals surface area (Å²) in [5, 5.41) is 12.3. The van der Waals surface area contributed by atoms with Gasteiger partial charge in [0, 0.05) is 18.3 Å². The van der Waals surface area contributed by atoms with Crippen molar-refractivity contribution in [3.05, 3.63) is 6.33 Å². The lowest BCUT2D eigenvalue weighted by Crippen LogP contribution is -2.55. The van der Waals surface area contributed by atoms with Gasteiger partial charge in [0.1, 0.15) is 6.33 Å². The Bertz CT molecular complexity index is 459. The third kappa shape index (κ3) is 3.70. The molecule has 2 atom stereocenters. The summed E-state index contributed by atoms with van der Waals surface area (Å²) >= 11 is 1.61. The first kappa shape index (κ1) is 14.3. The van der Waals surface area contributed by atoms with Gasteiger partial charge in [-0.15, -0.1) is 10.2 Å². The second-order valence-electron chi connectivity index (χ2n) is 5.47. The Morgan fingerprint density at radius 3 is 2.89 bits per heavy atom. The normalized spacial score (nSPS) is 19.9. The second-order valence-corrected chi connectivity index (χ2v) is 6.88. The molecule has 0 aliphatic heterocycles. The molecule has 1 aromatic rings. The zero-order chi connectivity index (χ0) is 14.0. The molecule has 1 heterocycles. The van der Waals surface area contributed by atoms with Gasteiger partial charge in [0.2, 0.25) is 5.91 Å². The third-order valence-electron chi connectivity index (χ3n) is 3.32. The summed E-state index contributed by atoms with van der Waals surface area (Å²) in [6.07, 6.45) is 4.61. The molecule has 0 spiro atoms. The van der Waals surface area contributed by atoms with Crippen molar-refractivity contribution in [1.29, 1.82) is 0 Å². The van der Waals surface area contributed by atoms with E-state index in [2.05, 4.69) is 22.4 Å². The summed E-state index contributed by atoms with van der Waals surface area (Å²) in [5.41, 5.74) is 4.91. The number of rotatable bonds is 7. The molecule has 6 nitrogen and oxygen atoms in total. The Morgan fingerprint density at radius 2 is 2.42 bits per heavy atom. The zero-order valence-electron chi connectivity index (χ0n) is 11.6. The number of hydrogen-bond acceptors (Lipinski definition) is 5. The molecule has 0 radical (unpaired) electrons. The van der Waals surface area contributed by atoms with Gasteiger partial charge in [0.25, 0.3) is 0 Å². The monoisotopic (exact) mass is 283 g/mol. The Labute approximate surface area is 117 Å². The van der Waals surface area contributed by atoms with Gasteiger partial charge in [0.15, 0.2) is 5.16 Å². The maximum absolute atomic E-state index is 11.7. The number of aromatic nitrogens is 3. The number of carbonyl (C=O) groups excluding carboxylic acids is 1. The fourth-order valence-electron chi connectivity index (χ4n) is 2.08. The molecular formula is C12H21N5OS. The Morgan fingerprint density at radius 1 is 1.74 bits per heavy atom. The molecule has 0 bridgehead atoms. The predicted molar refractivity (Wildman–Crippen MR) is 74.7 cm³/mol. The number of nitrogens with one attached hydrogen (secondary N) is 1. The van der Waals surface area contributed by atoms with Gasteiger partial charge in [0.05, 0.1) is 5.54 Å². The van der Waals surface area contributed by atoms with E-state index in [1.54, 1.807) is 18.1 Å². The molecule has 106 valence electrons. The molecule has 1 aliphatic rings. The van der Waals surface area contributed by atoms with Crippen molar-refractivity contribution >= 4 is 17.7 Å². The number of primary amides is 1. The van der Waals surface area contributed by atoms with Crippen LogP contribution in [0.3, 0.4) is 0 Å². The maximum Gasteiger partial charge on any atom is 0.237 e. The second kappa shape index (κ2) is 5.50. The van der Waals surface area contributed by atoms with Crippen LogP contribution in [-0.2, 0) is 11.8 Å². The van der Waals surface area contributed by atoms with Crippen molar-refractivity contribution in [2.45, 2.75) is 55.1 Å². The number of aryl methyl sites for hydroxylation is 1. The molecule has 2 rings (SSSR count). The largest absolute Gasteiger partial charge is 0.368 e. The van der Waals surface area contributed by atoms with Crippen LogP contribution in [0, 0.1) is 0 Å². The summed E-state index contributed by atoms with van der Waals surface area (Å²) in [6, 6.07) is 0.449. The van der Waals surface area contributed by atoms with Crippen molar-refractivity contribution in [3.63, 3.8) is 0 Å². The molecular weight excluding hydrogens is 262 g/mol. The van der Waals surface area contributed by atoms with Gasteiger partial charge < -0.3 is 15.6 Å². The van der Waals surface area contributed by atoms with Crippen LogP contribution in [0.5, 0.6) is 0 Å². The smallest absolute Gasteiger partial charge is 0.237 e. The van der Waals surface area contributed by atoms with Crippen LogP contribution in [0.1, 0.15) is 33.1 Å². The van der Waals surface area contributed by atoms with E-state index in [0.29, 0.717) is 12.5 Å². The fourth-order valence-corrected chi connectivity index (χ4v) is 3.17. The molecule has 0 aromatic carbocycles. The fraction of sp³-hybridized carbons (Fsp3) is 0.750. The summed E-state index contributed by atoms with van der Waals surface area (Å²) < 4.78 is 1.87. The van der Waals surface area contributed by atoms with Crippen LogP contribution in [0.15, 0.2) is 11.5 Å². The lowest BCUT2D eigenvalue weighted by Gasteiger charge is -2.30. The summed E-state index contributed by atoms with van der Waals surface area (Å²) in [4.78, 5) is 11.7. The average molecular weight is 283 g/mol. The van der Waals surface area contributed by atoms with Crippen LogP contribution < -0.4 is 11.1 Å². The van der Waals surface area contributed by atoms with E-state index < -0.39 is 5.54 Å². The number of carbonyl (C=O) groups is 1. The van der Waals surface area contributed by atoms with E-state index in [-0.39, 0.29) is 11.2 Å². The third-order valence-corrected chi connectivity index (χ3v) is 4.47. The van der Waals surface area contributed by atoms with Gasteiger partial charge >= 0.3 is 0 Å². The van der Waals surface area contributed by atoms with Gasteiger partial charge in [-0.25, -0.2) is 0 Å². The minimum atomic E-state index is -0.647. The molecule has 1 amide bonds. The lowest BCUT2D eigenvalue weighted by atomic mass is 9.95. The SMILES string of the molecule is CC(CC(C)(NC1CC1)C(N)=O)Sc1nncn1C. The topological polar surface area (TPSA) is 85.8 Å². The van der Waals surface area contributed by atoms with Crippen LogP contribution >= 0.6 is 11.8 Å². The van der Waals surface area contributed by atoms with Gasteiger partial charge in [-0.1, -0.05) is 18.7 Å². The van der Waals surface area contributed by atoms with Crippen molar-refractivity contribution in [2.24, 2.45) is 12.8 Å². The molecule has 1 aromatic heterocycles. The predicted octanol–water partition coefficient (Wildman–Crippen LogP) is 0.682. The molecule has 2 unspecified atom stereocenters. The quantitative estimate of drug-likeness (QED) is 0.719. The van der Waals surface area contributed by atoms with E-state index in [1.165, 1.54) is 0 Å². The minimum absolute atomic E-state index is 0.228. The van der Waals surface area contributed by atoms with Gasteiger partial charge in [-0.3, -0.25) is 4.79 Å². The van der Waals surface area contributed by atoms with Gasteiger partial charge in [-0.2, -0.15) is 0 Å². The highest BCUT2D eigenvalue weighted by Crippen LogP contribution is 2.30. The first-order chi connectivity index (χ1) is 8.90. The highest BCUT2D eigenvalue weighted by molar-refractivity contribution is 7.99. The van der Waals surface area contributed by atoms with Gasteiger partial charge in [-0.05, 0) is 26.2 Å². The highest BCUT2D eigenvalue weighted by atomic mass is 32.2. The van der Waals surface area contributed by atoms with Crippen molar-refractivity contribution in [2.75, 3.05) is 0 Å². The van der Waals surface area contributed by atoms with Crippen LogP contribution in [0.2, 0.25) is 0 Å². The maximum atomic E-state index is 11.7. The first-order valence-corrected chi connectivity index (χ1v) is 7.37. The van der Waals surface area contributed by atoms with Crippen LogP contribution in [0.25, 0.3) is 0 Å². The van der Waals surface area contributed by atoms with E-state index in [0.717, 1.165) is 18.0 Å². The van der Waals surface area contributed by atoms with Crippen molar-refractivity contribution < 1.29 is 4.79 Å². The Kier molecular flexibility index (Phi) is 4.15. The van der Waals surface area contributed by atoms with E-state index in [9.17, 15) is 4.79 Å². The van der Waals surface area contributed by atoms with Crippen LogP contribution in [0.4, 0.5) is 0 Å². The summed E-state index contributed by atoms with van der Waals surface area (Å²) in [5.74, 6) is -0.287. The number of nitrogens with zero attached hydrogens (tertiary/aromatic N) is 3. The highest BCUT2D eigenvalue weighted by Gasteiger charge is 2.38. The number of thioether (sulfide) groups is 1. The van der Waals surface area contributed by atoms with Crippen molar-refractivity contribution in [1.82, 2.24) is 20.1 Å².